The van der Waals surface area contributed by atoms with Crippen molar-refractivity contribution >= 4 is 29.3 Å². The summed E-state index contributed by atoms with van der Waals surface area (Å²) in [7, 11) is 1.32. The lowest BCUT2D eigenvalue weighted by Gasteiger charge is -2.09. The zero-order valence-corrected chi connectivity index (χ0v) is 17.0. The minimum absolute atomic E-state index is 0.164. The number of thioether (sulfide) groups is 1. The number of anilines is 1. The number of rotatable bonds is 8. The smallest absolute Gasteiger partial charge is 0.337 e. The van der Waals surface area contributed by atoms with Gasteiger partial charge in [0.1, 0.15) is 0 Å². The van der Waals surface area contributed by atoms with Crippen LogP contribution in [0.1, 0.15) is 23.7 Å². The number of ether oxygens (including phenoxy) is 1. The average molecular weight is 411 g/mol. The number of nitrogens with zero attached hydrogens (tertiary/aromatic N) is 4. The van der Waals surface area contributed by atoms with Crippen LogP contribution in [0.5, 0.6) is 0 Å². The highest BCUT2D eigenvalue weighted by Crippen LogP contribution is 2.24. The van der Waals surface area contributed by atoms with E-state index in [4.69, 9.17) is 4.74 Å². The fraction of sp³-hybridized carbons (Fsp3) is 0.250. The minimum atomic E-state index is -0.453. The summed E-state index contributed by atoms with van der Waals surface area (Å²) >= 11 is 1.31. The second kappa shape index (κ2) is 9.83. The third kappa shape index (κ3) is 5.20. The molecule has 0 radical (unpaired) electrons. The molecule has 0 aliphatic carbocycles. The Balaban J connectivity index is 1.67. The summed E-state index contributed by atoms with van der Waals surface area (Å²) in [6.45, 7) is 2.81. The Labute approximate surface area is 172 Å². The van der Waals surface area contributed by atoms with E-state index in [2.05, 4.69) is 27.4 Å². The summed E-state index contributed by atoms with van der Waals surface area (Å²) in [5.41, 5.74) is 1.79. The Morgan fingerprint density at radius 2 is 2.07 bits per heavy atom. The number of amides is 1. The van der Waals surface area contributed by atoms with Crippen LogP contribution in [0.25, 0.3) is 11.4 Å². The van der Waals surface area contributed by atoms with Gasteiger partial charge < -0.3 is 14.6 Å². The third-order valence-corrected chi connectivity index (χ3v) is 4.95. The number of carbonyl (C=O) groups is 2. The number of nitrogens with one attached hydrogen (secondary N) is 1. The Morgan fingerprint density at radius 1 is 1.21 bits per heavy atom. The van der Waals surface area contributed by atoms with Crippen LogP contribution >= 0.6 is 11.8 Å². The predicted molar refractivity (Wildman–Crippen MR) is 111 cm³/mol. The Bertz CT molecular complexity index is 991. The van der Waals surface area contributed by atoms with Crippen LogP contribution in [-0.4, -0.2) is 44.5 Å². The highest BCUT2D eigenvalue weighted by atomic mass is 32.2. The van der Waals surface area contributed by atoms with E-state index in [0.717, 1.165) is 24.4 Å². The van der Waals surface area contributed by atoms with E-state index < -0.39 is 5.97 Å². The molecule has 1 amide bonds. The normalized spacial score (nSPS) is 10.6. The maximum Gasteiger partial charge on any atom is 0.337 e. The number of pyridine rings is 1. The van der Waals surface area contributed by atoms with Crippen molar-refractivity contribution in [3.8, 4) is 11.4 Å². The topological polar surface area (TPSA) is 99.0 Å². The molecule has 9 heteroatoms. The lowest BCUT2D eigenvalue weighted by molar-refractivity contribution is -0.113. The van der Waals surface area contributed by atoms with E-state index in [9.17, 15) is 9.59 Å². The highest BCUT2D eigenvalue weighted by molar-refractivity contribution is 7.99. The van der Waals surface area contributed by atoms with Gasteiger partial charge in [0.25, 0.3) is 0 Å². The number of aromatic nitrogens is 4. The minimum Gasteiger partial charge on any atom is -0.465 e. The monoisotopic (exact) mass is 411 g/mol. The van der Waals surface area contributed by atoms with Gasteiger partial charge in [0.15, 0.2) is 11.0 Å². The molecule has 0 saturated heterocycles. The number of esters is 1. The lowest BCUT2D eigenvalue weighted by atomic mass is 10.2. The van der Waals surface area contributed by atoms with Crippen molar-refractivity contribution in [3.63, 3.8) is 0 Å². The molecular weight excluding hydrogens is 390 g/mol. The number of hydrogen-bond donors (Lipinski definition) is 1. The molecule has 8 nitrogen and oxygen atoms in total. The molecule has 0 fully saturated rings. The number of hydrogen-bond acceptors (Lipinski definition) is 7. The van der Waals surface area contributed by atoms with Gasteiger partial charge in [0.05, 0.1) is 18.4 Å². The van der Waals surface area contributed by atoms with Gasteiger partial charge in [-0.3, -0.25) is 9.78 Å². The standard InChI is InChI=1S/C20H21N5O3S/c1-3-10-25-18(15-7-5-9-21-12-15)23-24-20(25)29-13-17(26)22-16-8-4-6-14(11-16)19(27)28-2/h4-9,11-12H,3,10,13H2,1-2H3,(H,22,26). The van der Waals surface area contributed by atoms with Crippen molar-refractivity contribution in [2.24, 2.45) is 0 Å². The largest absolute Gasteiger partial charge is 0.465 e. The van der Waals surface area contributed by atoms with Gasteiger partial charge >= 0.3 is 5.97 Å². The molecular formula is C20H21N5O3S. The van der Waals surface area contributed by atoms with Gasteiger partial charge in [-0.15, -0.1) is 10.2 Å². The van der Waals surface area contributed by atoms with Crippen LogP contribution < -0.4 is 5.32 Å². The zero-order chi connectivity index (χ0) is 20.6. The maximum absolute atomic E-state index is 12.4. The molecule has 0 spiro atoms. The highest BCUT2D eigenvalue weighted by Gasteiger charge is 2.15. The summed E-state index contributed by atoms with van der Waals surface area (Å²) in [6, 6.07) is 10.4. The molecule has 150 valence electrons. The predicted octanol–water partition coefficient (Wildman–Crippen LogP) is 3.27. The van der Waals surface area contributed by atoms with Gasteiger partial charge in [0, 0.05) is 30.2 Å². The third-order valence-electron chi connectivity index (χ3n) is 3.98. The van der Waals surface area contributed by atoms with Crippen LogP contribution in [0.15, 0.2) is 53.9 Å². The summed E-state index contributed by atoms with van der Waals surface area (Å²) in [5, 5.41) is 12.0. The first-order valence-electron chi connectivity index (χ1n) is 9.07. The molecule has 0 saturated carbocycles. The van der Waals surface area contributed by atoms with Gasteiger partial charge in [-0.1, -0.05) is 24.8 Å². The van der Waals surface area contributed by atoms with Crippen LogP contribution in [0.3, 0.4) is 0 Å². The molecule has 0 unspecified atom stereocenters. The molecule has 0 aliphatic heterocycles. The lowest BCUT2D eigenvalue weighted by Crippen LogP contribution is -2.15. The fourth-order valence-electron chi connectivity index (χ4n) is 2.70. The van der Waals surface area contributed by atoms with Crippen molar-refractivity contribution in [1.29, 1.82) is 0 Å². The first-order chi connectivity index (χ1) is 14.1. The van der Waals surface area contributed by atoms with Crippen molar-refractivity contribution < 1.29 is 14.3 Å². The van der Waals surface area contributed by atoms with Crippen LogP contribution in [0.4, 0.5) is 5.69 Å². The Kier molecular flexibility index (Phi) is 6.96. The quantitative estimate of drug-likeness (QED) is 0.449. The number of methoxy groups -OCH3 is 1. The van der Waals surface area contributed by atoms with Gasteiger partial charge in [-0.2, -0.15) is 0 Å². The van der Waals surface area contributed by atoms with Crippen molar-refractivity contribution in [1.82, 2.24) is 19.7 Å². The van der Waals surface area contributed by atoms with Crippen LogP contribution in [0, 0.1) is 0 Å². The van der Waals surface area contributed by atoms with E-state index in [-0.39, 0.29) is 11.7 Å². The molecule has 0 aliphatic rings. The molecule has 1 N–H and O–H groups in total. The second-order valence-electron chi connectivity index (χ2n) is 6.11. The summed E-state index contributed by atoms with van der Waals surface area (Å²) in [5.74, 6) is 0.239. The Hall–Kier alpha value is -3.20. The van der Waals surface area contributed by atoms with E-state index >= 15 is 0 Å². The van der Waals surface area contributed by atoms with Gasteiger partial charge in [-0.25, -0.2) is 4.79 Å². The molecule has 2 heterocycles. The Morgan fingerprint density at radius 3 is 2.79 bits per heavy atom. The second-order valence-corrected chi connectivity index (χ2v) is 7.05. The first-order valence-corrected chi connectivity index (χ1v) is 10.1. The molecule has 2 aromatic heterocycles. The van der Waals surface area contributed by atoms with Crippen molar-refractivity contribution in [3.05, 3.63) is 54.4 Å². The molecule has 0 atom stereocenters. The number of carbonyl (C=O) groups excluding carboxylic acids is 2. The molecule has 29 heavy (non-hydrogen) atoms. The molecule has 3 aromatic rings. The van der Waals surface area contributed by atoms with Crippen LogP contribution in [0.2, 0.25) is 0 Å². The summed E-state index contributed by atoms with van der Waals surface area (Å²) in [4.78, 5) is 28.1. The van der Waals surface area contributed by atoms with E-state index in [1.54, 1.807) is 36.7 Å². The molecule has 0 bridgehead atoms. The van der Waals surface area contributed by atoms with Gasteiger partial charge in [0.2, 0.25) is 5.91 Å². The van der Waals surface area contributed by atoms with Crippen molar-refractivity contribution in [2.45, 2.75) is 25.0 Å². The van der Waals surface area contributed by atoms with Gasteiger partial charge in [-0.05, 0) is 36.8 Å². The summed E-state index contributed by atoms with van der Waals surface area (Å²) < 4.78 is 6.69. The maximum atomic E-state index is 12.4. The average Bonchev–Trinajstić information content (AvgIpc) is 3.15. The number of benzene rings is 1. The summed E-state index contributed by atoms with van der Waals surface area (Å²) in [6.07, 6.45) is 4.36. The van der Waals surface area contributed by atoms with E-state index in [1.165, 1.54) is 18.9 Å². The first kappa shape index (κ1) is 20.5. The zero-order valence-electron chi connectivity index (χ0n) is 16.2. The fourth-order valence-corrected chi connectivity index (χ4v) is 3.46. The van der Waals surface area contributed by atoms with Crippen molar-refractivity contribution in [2.75, 3.05) is 18.2 Å². The van der Waals surface area contributed by atoms with E-state index in [0.29, 0.717) is 16.4 Å². The van der Waals surface area contributed by atoms with Crippen LogP contribution in [-0.2, 0) is 16.1 Å². The SMILES string of the molecule is CCCn1c(SCC(=O)Nc2cccc(C(=O)OC)c2)nnc1-c1cccnc1. The van der Waals surface area contributed by atoms with E-state index in [1.807, 2.05) is 16.7 Å². The molecule has 3 rings (SSSR count). The molecule has 1 aromatic carbocycles.